The second-order valence-electron chi connectivity index (χ2n) is 4.57. The van der Waals surface area contributed by atoms with Crippen molar-refractivity contribution in [2.24, 2.45) is 0 Å². The van der Waals surface area contributed by atoms with E-state index in [1.165, 1.54) is 24.2 Å². The Morgan fingerprint density at radius 3 is 2.47 bits per heavy atom. The molecule has 3 heteroatoms. The first-order valence-electron chi connectivity index (χ1n) is 6.54. The fourth-order valence-corrected chi connectivity index (χ4v) is 1.96. The molecule has 0 aliphatic heterocycles. The topological polar surface area (TPSA) is 34.0 Å². The molecule has 0 saturated heterocycles. The lowest BCUT2D eigenvalue weighted by Crippen LogP contribution is -2.25. The fraction of sp³-hybridized carbons (Fsp3) is 0.643. The molecule has 1 aromatic heterocycles. The molecular weight excluding hydrogens is 212 g/mol. The van der Waals surface area contributed by atoms with Crippen molar-refractivity contribution in [3.63, 3.8) is 0 Å². The Bertz CT molecular complexity index is 336. The third-order valence-electron chi connectivity index (χ3n) is 3.08. The highest BCUT2D eigenvalue weighted by atomic mass is 16.1. The molecule has 0 aromatic carbocycles. The number of nitrogens with one attached hydrogen (secondary N) is 1. The highest BCUT2D eigenvalue weighted by Crippen LogP contribution is 2.07. The van der Waals surface area contributed by atoms with Gasteiger partial charge >= 0.3 is 0 Å². The Kier molecular flexibility index (Phi) is 5.81. The van der Waals surface area contributed by atoms with Gasteiger partial charge in [-0.3, -0.25) is 4.79 Å². The standard InChI is InChI=1S/C14H24N2O/c1-4-5-6-10-15-14(17)9-11-16-12(2)7-8-13(16)3/h7-8H,4-6,9-11H2,1-3H3,(H,15,17). The Hall–Kier alpha value is -1.25. The number of aromatic nitrogens is 1. The molecule has 1 amide bonds. The molecule has 0 radical (unpaired) electrons. The minimum Gasteiger partial charge on any atom is -0.356 e. The van der Waals surface area contributed by atoms with Crippen LogP contribution in [0.1, 0.15) is 44.0 Å². The van der Waals surface area contributed by atoms with Crippen molar-refractivity contribution in [1.82, 2.24) is 9.88 Å². The lowest BCUT2D eigenvalue weighted by molar-refractivity contribution is -0.121. The van der Waals surface area contributed by atoms with E-state index in [0.29, 0.717) is 6.42 Å². The van der Waals surface area contributed by atoms with Gasteiger partial charge in [-0.05, 0) is 32.4 Å². The van der Waals surface area contributed by atoms with Crippen LogP contribution in [0.5, 0.6) is 0 Å². The predicted molar refractivity (Wildman–Crippen MR) is 71.1 cm³/mol. The molecule has 17 heavy (non-hydrogen) atoms. The first kappa shape index (κ1) is 13.8. The minimum absolute atomic E-state index is 0.161. The van der Waals surface area contributed by atoms with Crippen LogP contribution < -0.4 is 5.32 Å². The molecule has 1 aromatic rings. The summed E-state index contributed by atoms with van der Waals surface area (Å²) >= 11 is 0. The van der Waals surface area contributed by atoms with Crippen LogP contribution in [0.4, 0.5) is 0 Å². The molecule has 0 atom stereocenters. The highest BCUT2D eigenvalue weighted by Gasteiger charge is 2.04. The summed E-state index contributed by atoms with van der Waals surface area (Å²) in [5, 5.41) is 2.97. The van der Waals surface area contributed by atoms with E-state index in [2.05, 4.69) is 42.8 Å². The minimum atomic E-state index is 0.161. The second kappa shape index (κ2) is 7.15. The smallest absolute Gasteiger partial charge is 0.221 e. The van der Waals surface area contributed by atoms with Crippen molar-refractivity contribution in [2.75, 3.05) is 6.54 Å². The molecule has 0 aliphatic rings. The summed E-state index contributed by atoms with van der Waals surface area (Å²) in [5.41, 5.74) is 2.45. The first-order valence-corrected chi connectivity index (χ1v) is 6.54. The molecule has 0 aliphatic carbocycles. The maximum atomic E-state index is 11.6. The molecular formula is C14H24N2O. The third kappa shape index (κ3) is 4.63. The van der Waals surface area contributed by atoms with Crippen LogP contribution in [-0.2, 0) is 11.3 Å². The quantitative estimate of drug-likeness (QED) is 0.726. The van der Waals surface area contributed by atoms with Crippen molar-refractivity contribution in [3.8, 4) is 0 Å². The number of aryl methyl sites for hydroxylation is 2. The van der Waals surface area contributed by atoms with E-state index >= 15 is 0 Å². The van der Waals surface area contributed by atoms with Crippen LogP contribution >= 0.6 is 0 Å². The number of nitrogens with zero attached hydrogens (tertiary/aromatic N) is 1. The van der Waals surface area contributed by atoms with Crippen LogP contribution in [0.15, 0.2) is 12.1 Å². The van der Waals surface area contributed by atoms with Gasteiger partial charge in [-0.15, -0.1) is 0 Å². The van der Waals surface area contributed by atoms with Gasteiger partial charge in [0.05, 0.1) is 0 Å². The van der Waals surface area contributed by atoms with Crippen molar-refractivity contribution < 1.29 is 4.79 Å². The summed E-state index contributed by atoms with van der Waals surface area (Å²) in [6.45, 7) is 7.91. The molecule has 3 nitrogen and oxygen atoms in total. The molecule has 0 fully saturated rings. The SMILES string of the molecule is CCCCCNC(=O)CCn1c(C)ccc1C. The van der Waals surface area contributed by atoms with Gasteiger partial charge in [0.1, 0.15) is 0 Å². The summed E-state index contributed by atoms with van der Waals surface area (Å²) in [6.07, 6.45) is 4.04. The Balaban J connectivity index is 2.24. The third-order valence-corrected chi connectivity index (χ3v) is 3.08. The molecule has 1 N–H and O–H groups in total. The van der Waals surface area contributed by atoms with Crippen molar-refractivity contribution >= 4 is 5.91 Å². The Morgan fingerprint density at radius 2 is 1.88 bits per heavy atom. The number of unbranched alkanes of at least 4 members (excludes halogenated alkanes) is 2. The lowest BCUT2D eigenvalue weighted by Gasteiger charge is -2.09. The van der Waals surface area contributed by atoms with Gasteiger partial charge in [0.2, 0.25) is 5.91 Å². The Labute approximate surface area is 104 Å². The lowest BCUT2D eigenvalue weighted by atomic mass is 10.2. The highest BCUT2D eigenvalue weighted by molar-refractivity contribution is 5.75. The second-order valence-corrected chi connectivity index (χ2v) is 4.57. The zero-order valence-corrected chi connectivity index (χ0v) is 11.3. The number of hydrogen-bond donors (Lipinski definition) is 1. The van der Waals surface area contributed by atoms with Gasteiger partial charge < -0.3 is 9.88 Å². The van der Waals surface area contributed by atoms with E-state index in [-0.39, 0.29) is 5.91 Å². The van der Waals surface area contributed by atoms with Gasteiger partial charge in [-0.2, -0.15) is 0 Å². The fourth-order valence-electron chi connectivity index (χ4n) is 1.96. The average molecular weight is 236 g/mol. The van der Waals surface area contributed by atoms with Crippen molar-refractivity contribution in [1.29, 1.82) is 0 Å². The molecule has 0 spiro atoms. The normalized spacial score (nSPS) is 10.5. The maximum Gasteiger partial charge on any atom is 0.221 e. The molecule has 96 valence electrons. The van der Waals surface area contributed by atoms with E-state index < -0.39 is 0 Å². The largest absolute Gasteiger partial charge is 0.356 e. The van der Waals surface area contributed by atoms with Gasteiger partial charge in [-0.1, -0.05) is 19.8 Å². The number of carbonyl (C=O) groups is 1. The number of hydrogen-bond acceptors (Lipinski definition) is 1. The van der Waals surface area contributed by atoms with E-state index in [1.54, 1.807) is 0 Å². The van der Waals surface area contributed by atoms with Gasteiger partial charge in [-0.25, -0.2) is 0 Å². The first-order chi connectivity index (χ1) is 8.15. The zero-order valence-electron chi connectivity index (χ0n) is 11.3. The van der Waals surface area contributed by atoms with Crippen LogP contribution in [0.2, 0.25) is 0 Å². The van der Waals surface area contributed by atoms with Crippen molar-refractivity contribution in [2.45, 2.75) is 53.0 Å². The molecule has 1 rings (SSSR count). The summed E-state index contributed by atoms with van der Waals surface area (Å²) in [7, 11) is 0. The van der Waals surface area contributed by atoms with Crippen LogP contribution in [-0.4, -0.2) is 17.0 Å². The van der Waals surface area contributed by atoms with Crippen molar-refractivity contribution in [3.05, 3.63) is 23.5 Å². The predicted octanol–water partition coefficient (Wildman–Crippen LogP) is 2.80. The zero-order chi connectivity index (χ0) is 12.7. The molecule has 0 saturated carbocycles. The summed E-state index contributed by atoms with van der Waals surface area (Å²) < 4.78 is 2.19. The summed E-state index contributed by atoms with van der Waals surface area (Å²) in [5.74, 6) is 0.161. The average Bonchev–Trinajstić information content (AvgIpc) is 2.62. The van der Waals surface area contributed by atoms with Crippen LogP contribution in [0.3, 0.4) is 0 Å². The van der Waals surface area contributed by atoms with Gasteiger partial charge in [0.25, 0.3) is 0 Å². The van der Waals surface area contributed by atoms with E-state index in [1.807, 2.05) is 0 Å². The number of amides is 1. The van der Waals surface area contributed by atoms with E-state index in [9.17, 15) is 4.79 Å². The van der Waals surface area contributed by atoms with Gasteiger partial charge in [0, 0.05) is 30.9 Å². The number of rotatable bonds is 7. The van der Waals surface area contributed by atoms with Crippen LogP contribution in [0.25, 0.3) is 0 Å². The maximum absolute atomic E-state index is 11.6. The van der Waals surface area contributed by atoms with Crippen LogP contribution in [0, 0.1) is 13.8 Å². The molecule has 0 unspecified atom stereocenters. The molecule has 1 heterocycles. The van der Waals surface area contributed by atoms with E-state index in [0.717, 1.165) is 19.5 Å². The van der Waals surface area contributed by atoms with E-state index in [4.69, 9.17) is 0 Å². The summed E-state index contributed by atoms with van der Waals surface area (Å²) in [4.78, 5) is 11.6. The summed E-state index contributed by atoms with van der Waals surface area (Å²) in [6, 6.07) is 4.18. The Morgan fingerprint density at radius 1 is 1.24 bits per heavy atom. The molecule has 0 bridgehead atoms. The monoisotopic (exact) mass is 236 g/mol. The number of carbonyl (C=O) groups excluding carboxylic acids is 1. The van der Waals surface area contributed by atoms with Gasteiger partial charge in [0.15, 0.2) is 0 Å².